The molecule has 174 valence electrons. The van der Waals surface area contributed by atoms with E-state index < -0.39 is 23.7 Å². The maximum absolute atomic E-state index is 13.6. The topological polar surface area (TPSA) is 83.9 Å². The third-order valence-electron chi connectivity index (χ3n) is 5.43. The molecule has 0 saturated carbocycles. The molecule has 0 spiro atoms. The Morgan fingerprint density at radius 3 is 2.62 bits per heavy atom. The maximum atomic E-state index is 13.6. The van der Waals surface area contributed by atoms with Crippen LogP contribution in [-0.2, 0) is 15.5 Å². The Balaban J connectivity index is 1.59. The smallest absolute Gasteiger partial charge is 0.270 e. The molecule has 34 heavy (non-hydrogen) atoms. The first kappa shape index (κ1) is 23.0. The van der Waals surface area contributed by atoms with E-state index in [4.69, 9.17) is 4.74 Å². The van der Waals surface area contributed by atoms with Crippen molar-refractivity contribution < 1.29 is 23.1 Å². The number of hydrogen-bond donors (Lipinski definition) is 1. The number of nitrogens with zero attached hydrogens (tertiary/aromatic N) is 3. The van der Waals surface area contributed by atoms with Crippen LogP contribution in [0.25, 0.3) is 11.1 Å². The highest BCUT2D eigenvalue weighted by Crippen LogP contribution is 2.35. The van der Waals surface area contributed by atoms with Gasteiger partial charge in [-0.1, -0.05) is 18.2 Å². The van der Waals surface area contributed by atoms with E-state index in [1.807, 2.05) is 6.07 Å². The number of methoxy groups -OCH3 is 1. The fraction of sp³-hybridized carbons (Fsp3) is 0.200. The van der Waals surface area contributed by atoms with Crippen molar-refractivity contribution in [2.75, 3.05) is 17.4 Å². The fourth-order valence-electron chi connectivity index (χ4n) is 3.71. The van der Waals surface area contributed by atoms with Crippen LogP contribution in [-0.4, -0.2) is 29.6 Å². The first-order valence-corrected chi connectivity index (χ1v) is 10.5. The Morgan fingerprint density at radius 2 is 1.94 bits per heavy atom. The van der Waals surface area contributed by atoms with Gasteiger partial charge in [-0.25, -0.2) is 8.78 Å². The molecule has 1 aliphatic rings. The second-order valence-electron chi connectivity index (χ2n) is 7.91. The van der Waals surface area contributed by atoms with Crippen molar-refractivity contribution >= 4 is 28.9 Å². The van der Waals surface area contributed by atoms with E-state index in [2.05, 4.69) is 15.4 Å². The predicted octanol–water partition coefficient (Wildman–Crippen LogP) is 4.85. The van der Waals surface area contributed by atoms with Gasteiger partial charge < -0.3 is 10.1 Å². The Bertz CT molecular complexity index is 1270. The van der Waals surface area contributed by atoms with Gasteiger partial charge in [-0.05, 0) is 43.3 Å². The quantitative estimate of drug-likeness (QED) is 0.529. The van der Waals surface area contributed by atoms with Crippen molar-refractivity contribution in [2.24, 2.45) is 11.0 Å². The molecule has 0 radical (unpaired) electrons. The molecule has 0 fully saturated rings. The van der Waals surface area contributed by atoms with Gasteiger partial charge in [0.1, 0.15) is 5.75 Å². The molecule has 1 atom stereocenters. The van der Waals surface area contributed by atoms with Gasteiger partial charge in [0.2, 0.25) is 5.91 Å². The zero-order valence-corrected chi connectivity index (χ0v) is 18.8. The molecular weight excluding hydrogens is 442 g/mol. The molecule has 1 unspecified atom stereocenters. The van der Waals surface area contributed by atoms with Crippen molar-refractivity contribution in [3.63, 3.8) is 0 Å². The second-order valence-corrected chi connectivity index (χ2v) is 7.91. The maximum Gasteiger partial charge on any atom is 0.270 e. The van der Waals surface area contributed by atoms with E-state index in [9.17, 15) is 18.4 Å². The molecule has 0 bridgehead atoms. The Labute approximate surface area is 195 Å². The summed E-state index contributed by atoms with van der Waals surface area (Å²) in [4.78, 5) is 30.2. The molecule has 4 rings (SSSR count). The van der Waals surface area contributed by atoms with E-state index in [1.54, 1.807) is 50.7 Å². The van der Waals surface area contributed by atoms with E-state index in [-0.39, 0.29) is 11.3 Å². The molecule has 1 aliphatic heterocycles. The number of anilines is 2. The van der Waals surface area contributed by atoms with Crippen LogP contribution in [0.4, 0.5) is 20.2 Å². The molecule has 2 aromatic carbocycles. The van der Waals surface area contributed by atoms with Gasteiger partial charge in [-0.3, -0.25) is 14.6 Å². The van der Waals surface area contributed by atoms with Crippen LogP contribution in [0, 0.1) is 5.92 Å². The van der Waals surface area contributed by atoms with Gasteiger partial charge >= 0.3 is 0 Å². The molecule has 1 aromatic heterocycles. The summed E-state index contributed by atoms with van der Waals surface area (Å²) < 4.78 is 32.7. The second kappa shape index (κ2) is 9.01. The summed E-state index contributed by atoms with van der Waals surface area (Å²) in [5.41, 5.74) is 2.17. The van der Waals surface area contributed by atoms with E-state index in [0.29, 0.717) is 22.7 Å². The van der Waals surface area contributed by atoms with Crippen LogP contribution in [0.5, 0.6) is 5.75 Å². The monoisotopic (exact) mass is 464 g/mol. The highest BCUT2D eigenvalue weighted by molar-refractivity contribution is 6.28. The molecule has 9 heteroatoms. The van der Waals surface area contributed by atoms with Crippen LogP contribution in [0.1, 0.15) is 19.4 Å². The summed E-state index contributed by atoms with van der Waals surface area (Å²) in [6, 6.07) is 14.1. The van der Waals surface area contributed by atoms with Crippen molar-refractivity contribution in [3.8, 4) is 16.9 Å². The van der Waals surface area contributed by atoms with E-state index in [1.165, 1.54) is 24.3 Å². The van der Waals surface area contributed by atoms with E-state index in [0.717, 1.165) is 17.5 Å². The highest BCUT2D eigenvalue weighted by Gasteiger charge is 2.40. The molecule has 7 nitrogen and oxygen atoms in total. The molecule has 3 aromatic rings. The Hall–Kier alpha value is -4.14. The normalized spacial score (nSPS) is 15.8. The van der Waals surface area contributed by atoms with Crippen LogP contribution < -0.4 is 15.1 Å². The number of carbonyl (C=O) groups excluding carboxylic acids is 2. The van der Waals surface area contributed by atoms with Crippen molar-refractivity contribution in [2.45, 2.75) is 19.8 Å². The van der Waals surface area contributed by atoms with Crippen molar-refractivity contribution in [3.05, 3.63) is 72.6 Å². The number of carbonyl (C=O) groups is 2. The average molecular weight is 464 g/mol. The number of amides is 2. The number of pyridine rings is 1. The summed E-state index contributed by atoms with van der Waals surface area (Å²) in [6.45, 7) is 2.35. The molecule has 2 amide bonds. The predicted molar refractivity (Wildman–Crippen MR) is 125 cm³/mol. The minimum Gasteiger partial charge on any atom is -0.496 e. The lowest BCUT2D eigenvalue weighted by Gasteiger charge is -2.17. The Morgan fingerprint density at radius 1 is 1.15 bits per heavy atom. The summed E-state index contributed by atoms with van der Waals surface area (Å²) in [5, 5.41) is 8.01. The lowest BCUT2D eigenvalue weighted by Crippen LogP contribution is -2.36. The number of rotatable bonds is 6. The number of alkyl halides is 2. The summed E-state index contributed by atoms with van der Waals surface area (Å²) in [5.74, 6) is -4.85. The standard InChI is InChI=1S/C25H22F2N4O3/c1-15-22(23(32)29-18-8-4-7-17(12-18)25(2,26)27)24(33)31(30-15)19-9-10-21(34-3)20(13-19)16-6-5-11-28-14-16/h4-14,22H,1-3H3,(H,29,32). The number of hydrogen-bond acceptors (Lipinski definition) is 5. The molecular formula is C25H22F2N4O3. The first-order valence-electron chi connectivity index (χ1n) is 10.5. The van der Waals surface area contributed by atoms with E-state index >= 15 is 0 Å². The number of halogens is 2. The SMILES string of the molecule is COc1ccc(N2N=C(C)C(C(=O)Nc3cccc(C(C)(F)F)c3)C2=O)cc1-c1cccnc1. The van der Waals surface area contributed by atoms with Crippen molar-refractivity contribution in [1.82, 2.24) is 4.98 Å². The van der Waals surface area contributed by atoms with Gasteiger partial charge in [0.05, 0.1) is 18.5 Å². The zero-order chi connectivity index (χ0) is 24.5. The third kappa shape index (κ3) is 4.50. The van der Waals surface area contributed by atoms with Crippen LogP contribution in [0.15, 0.2) is 72.1 Å². The van der Waals surface area contributed by atoms with Crippen LogP contribution >= 0.6 is 0 Å². The van der Waals surface area contributed by atoms with Gasteiger partial charge in [-0.2, -0.15) is 10.1 Å². The molecule has 0 aliphatic carbocycles. The first-order chi connectivity index (χ1) is 16.2. The minimum absolute atomic E-state index is 0.173. The van der Waals surface area contributed by atoms with Crippen LogP contribution in [0.3, 0.4) is 0 Å². The summed E-state index contributed by atoms with van der Waals surface area (Å²) >= 11 is 0. The number of nitrogens with one attached hydrogen (secondary N) is 1. The number of hydrazone groups is 1. The average Bonchev–Trinajstić information content (AvgIpc) is 3.12. The fourth-order valence-corrected chi connectivity index (χ4v) is 3.71. The highest BCUT2D eigenvalue weighted by atomic mass is 19.3. The largest absolute Gasteiger partial charge is 0.496 e. The number of aromatic nitrogens is 1. The number of ether oxygens (including phenoxy) is 1. The van der Waals surface area contributed by atoms with Gasteiger partial charge in [-0.15, -0.1) is 0 Å². The molecule has 1 N–H and O–H groups in total. The molecule has 2 heterocycles. The van der Waals surface area contributed by atoms with Gasteiger partial charge in [0.25, 0.3) is 11.8 Å². The third-order valence-corrected chi connectivity index (χ3v) is 5.43. The summed E-state index contributed by atoms with van der Waals surface area (Å²) in [6.07, 6.45) is 3.32. The molecule has 0 saturated heterocycles. The van der Waals surface area contributed by atoms with Gasteiger partial charge in [0, 0.05) is 41.7 Å². The summed E-state index contributed by atoms with van der Waals surface area (Å²) in [7, 11) is 1.54. The lowest BCUT2D eigenvalue weighted by molar-refractivity contribution is -0.127. The minimum atomic E-state index is -3.06. The van der Waals surface area contributed by atoms with Gasteiger partial charge in [0.15, 0.2) is 5.92 Å². The zero-order valence-electron chi connectivity index (χ0n) is 18.8. The lowest BCUT2D eigenvalue weighted by atomic mass is 10.0. The van der Waals surface area contributed by atoms with Crippen molar-refractivity contribution in [1.29, 1.82) is 0 Å². The van der Waals surface area contributed by atoms with Crippen LogP contribution in [0.2, 0.25) is 0 Å². The number of benzene rings is 2. The Kier molecular flexibility index (Phi) is 6.10.